The SMILES string of the molecule is C(=NNc1nc(-c2ccccc2)cs1)c1ccc(CN2CCSCC2)cc1. The molecule has 1 aliphatic rings. The molecular weight excluding hydrogens is 372 g/mol. The summed E-state index contributed by atoms with van der Waals surface area (Å²) in [7, 11) is 0. The van der Waals surface area contributed by atoms with Gasteiger partial charge in [0.25, 0.3) is 0 Å². The van der Waals surface area contributed by atoms with Crippen LogP contribution in [0.15, 0.2) is 65.1 Å². The number of hydrogen-bond acceptors (Lipinski definition) is 6. The van der Waals surface area contributed by atoms with E-state index in [1.54, 1.807) is 11.3 Å². The fourth-order valence-electron chi connectivity index (χ4n) is 2.96. The molecule has 0 spiro atoms. The van der Waals surface area contributed by atoms with Crippen LogP contribution in [0.1, 0.15) is 11.1 Å². The van der Waals surface area contributed by atoms with E-state index in [0.717, 1.165) is 28.5 Å². The number of anilines is 1. The summed E-state index contributed by atoms with van der Waals surface area (Å²) in [4.78, 5) is 7.10. The van der Waals surface area contributed by atoms with Crippen LogP contribution in [0.3, 0.4) is 0 Å². The van der Waals surface area contributed by atoms with Crippen LogP contribution in [0.4, 0.5) is 5.13 Å². The highest BCUT2D eigenvalue weighted by molar-refractivity contribution is 7.99. The lowest BCUT2D eigenvalue weighted by molar-refractivity contribution is 0.294. The van der Waals surface area contributed by atoms with E-state index in [2.05, 4.69) is 56.8 Å². The topological polar surface area (TPSA) is 40.5 Å². The quantitative estimate of drug-likeness (QED) is 0.481. The highest BCUT2D eigenvalue weighted by atomic mass is 32.2. The zero-order chi connectivity index (χ0) is 18.3. The predicted octanol–water partition coefficient (Wildman–Crippen LogP) is 4.80. The monoisotopic (exact) mass is 394 g/mol. The maximum atomic E-state index is 4.58. The van der Waals surface area contributed by atoms with Gasteiger partial charge >= 0.3 is 0 Å². The van der Waals surface area contributed by atoms with Gasteiger partial charge in [0.1, 0.15) is 0 Å². The third-order valence-corrected chi connectivity index (χ3v) is 6.13. The summed E-state index contributed by atoms with van der Waals surface area (Å²) in [6.07, 6.45) is 1.84. The molecule has 3 aromatic rings. The Bertz CT molecular complexity index is 869. The Hall–Kier alpha value is -2.15. The standard InChI is InChI=1S/C21H22N4S2/c1-2-4-19(5-3-1)20-16-27-21(23-20)24-22-14-17-6-8-18(9-7-17)15-25-10-12-26-13-11-25/h1-9,14,16H,10-13,15H2,(H,23,24). The van der Waals surface area contributed by atoms with Crippen LogP contribution in [-0.4, -0.2) is 40.7 Å². The fourth-order valence-corrected chi connectivity index (χ4v) is 4.60. The van der Waals surface area contributed by atoms with E-state index in [0.29, 0.717) is 0 Å². The van der Waals surface area contributed by atoms with Gasteiger partial charge in [0.05, 0.1) is 11.9 Å². The molecule has 138 valence electrons. The first-order valence-corrected chi connectivity index (χ1v) is 11.1. The molecule has 6 heteroatoms. The average molecular weight is 395 g/mol. The second-order valence-electron chi connectivity index (χ2n) is 6.40. The minimum Gasteiger partial charge on any atom is -0.297 e. The molecule has 4 rings (SSSR count). The molecule has 0 radical (unpaired) electrons. The predicted molar refractivity (Wildman–Crippen MR) is 118 cm³/mol. The van der Waals surface area contributed by atoms with Gasteiger partial charge in [-0.05, 0) is 11.1 Å². The molecule has 27 heavy (non-hydrogen) atoms. The fraction of sp³-hybridized carbons (Fsp3) is 0.238. The molecular formula is C21H22N4S2. The first-order chi connectivity index (χ1) is 13.4. The van der Waals surface area contributed by atoms with E-state index in [4.69, 9.17) is 0 Å². The Morgan fingerprint density at radius 3 is 2.59 bits per heavy atom. The molecule has 2 heterocycles. The van der Waals surface area contributed by atoms with Crippen molar-refractivity contribution in [1.82, 2.24) is 9.88 Å². The van der Waals surface area contributed by atoms with Crippen molar-refractivity contribution in [1.29, 1.82) is 0 Å². The summed E-state index contributed by atoms with van der Waals surface area (Å²) in [6.45, 7) is 3.42. The summed E-state index contributed by atoms with van der Waals surface area (Å²) >= 11 is 3.61. The van der Waals surface area contributed by atoms with Crippen molar-refractivity contribution >= 4 is 34.4 Å². The minimum absolute atomic E-state index is 0.796. The third-order valence-electron chi connectivity index (χ3n) is 4.44. The second kappa shape index (κ2) is 9.17. The van der Waals surface area contributed by atoms with Crippen molar-refractivity contribution in [2.24, 2.45) is 5.10 Å². The van der Waals surface area contributed by atoms with Crippen LogP contribution in [0.25, 0.3) is 11.3 Å². The molecule has 1 aromatic heterocycles. The van der Waals surface area contributed by atoms with Gasteiger partial charge in [0, 0.05) is 42.1 Å². The van der Waals surface area contributed by atoms with E-state index >= 15 is 0 Å². The normalized spacial score (nSPS) is 15.3. The smallest absolute Gasteiger partial charge is 0.203 e. The van der Waals surface area contributed by atoms with Crippen LogP contribution in [-0.2, 0) is 6.54 Å². The van der Waals surface area contributed by atoms with E-state index in [1.807, 2.05) is 41.6 Å². The zero-order valence-corrected chi connectivity index (χ0v) is 16.7. The highest BCUT2D eigenvalue weighted by Gasteiger charge is 2.10. The Balaban J connectivity index is 1.31. The first-order valence-electron chi connectivity index (χ1n) is 9.06. The molecule has 0 aliphatic carbocycles. The summed E-state index contributed by atoms with van der Waals surface area (Å²) in [5.74, 6) is 2.50. The van der Waals surface area contributed by atoms with Gasteiger partial charge in [-0.2, -0.15) is 16.9 Å². The average Bonchev–Trinajstić information content (AvgIpc) is 3.20. The Kier molecular flexibility index (Phi) is 6.19. The van der Waals surface area contributed by atoms with Gasteiger partial charge in [-0.25, -0.2) is 4.98 Å². The summed E-state index contributed by atoms with van der Waals surface area (Å²) in [5, 5.41) is 7.16. The molecule has 0 bridgehead atoms. The number of thioether (sulfide) groups is 1. The van der Waals surface area contributed by atoms with Crippen LogP contribution < -0.4 is 5.43 Å². The van der Waals surface area contributed by atoms with Gasteiger partial charge in [-0.1, -0.05) is 54.6 Å². The van der Waals surface area contributed by atoms with Crippen LogP contribution in [0.2, 0.25) is 0 Å². The van der Waals surface area contributed by atoms with E-state index < -0.39 is 0 Å². The molecule has 1 fully saturated rings. The number of rotatable bonds is 6. The molecule has 0 amide bonds. The minimum atomic E-state index is 0.796. The number of hydrogen-bond donors (Lipinski definition) is 1. The van der Waals surface area contributed by atoms with Crippen LogP contribution in [0, 0.1) is 0 Å². The Labute approximate surface area is 168 Å². The molecule has 1 saturated heterocycles. The number of thiazole rings is 1. The van der Waals surface area contributed by atoms with Gasteiger partial charge in [-0.3, -0.25) is 10.3 Å². The van der Waals surface area contributed by atoms with Crippen molar-refractivity contribution in [3.8, 4) is 11.3 Å². The second-order valence-corrected chi connectivity index (χ2v) is 8.49. The van der Waals surface area contributed by atoms with Crippen LogP contribution in [0.5, 0.6) is 0 Å². The van der Waals surface area contributed by atoms with Gasteiger partial charge in [-0.15, -0.1) is 11.3 Å². The van der Waals surface area contributed by atoms with Gasteiger partial charge in [0.15, 0.2) is 0 Å². The molecule has 4 nitrogen and oxygen atoms in total. The number of hydrazone groups is 1. The molecule has 0 saturated carbocycles. The molecule has 1 N–H and O–H groups in total. The third kappa shape index (κ3) is 5.19. The lowest BCUT2D eigenvalue weighted by Crippen LogP contribution is -2.31. The van der Waals surface area contributed by atoms with E-state index in [-0.39, 0.29) is 0 Å². The lowest BCUT2D eigenvalue weighted by atomic mass is 10.1. The molecule has 0 unspecified atom stereocenters. The number of aromatic nitrogens is 1. The van der Waals surface area contributed by atoms with E-state index in [9.17, 15) is 0 Å². The van der Waals surface area contributed by atoms with Crippen molar-refractivity contribution < 1.29 is 0 Å². The first kappa shape index (κ1) is 18.2. The number of nitrogens with one attached hydrogen (secondary N) is 1. The summed E-state index contributed by atoms with van der Waals surface area (Å²) in [6, 6.07) is 18.8. The maximum absolute atomic E-state index is 4.58. The molecule has 0 atom stereocenters. The van der Waals surface area contributed by atoms with Crippen molar-refractivity contribution in [3.05, 3.63) is 71.1 Å². The Morgan fingerprint density at radius 1 is 1.04 bits per heavy atom. The highest BCUT2D eigenvalue weighted by Crippen LogP contribution is 2.24. The van der Waals surface area contributed by atoms with Crippen LogP contribution >= 0.6 is 23.1 Å². The summed E-state index contributed by atoms with van der Waals surface area (Å²) < 4.78 is 0. The lowest BCUT2D eigenvalue weighted by Gasteiger charge is -2.26. The molecule has 2 aromatic carbocycles. The van der Waals surface area contributed by atoms with Gasteiger partial charge < -0.3 is 0 Å². The van der Waals surface area contributed by atoms with Gasteiger partial charge in [0.2, 0.25) is 5.13 Å². The summed E-state index contributed by atoms with van der Waals surface area (Å²) in [5.41, 5.74) is 7.56. The molecule has 1 aliphatic heterocycles. The zero-order valence-electron chi connectivity index (χ0n) is 15.0. The van der Waals surface area contributed by atoms with Crippen molar-refractivity contribution in [3.63, 3.8) is 0 Å². The van der Waals surface area contributed by atoms with Crippen molar-refractivity contribution in [2.75, 3.05) is 30.0 Å². The largest absolute Gasteiger partial charge is 0.297 e. The maximum Gasteiger partial charge on any atom is 0.203 e. The van der Waals surface area contributed by atoms with E-state index in [1.165, 1.54) is 30.2 Å². The number of benzene rings is 2. The van der Waals surface area contributed by atoms with Crippen molar-refractivity contribution in [2.45, 2.75) is 6.54 Å². The Morgan fingerprint density at radius 2 is 1.81 bits per heavy atom. The number of nitrogens with zero attached hydrogens (tertiary/aromatic N) is 3.